The van der Waals surface area contributed by atoms with E-state index in [1.807, 2.05) is 0 Å². The molecule has 0 aromatic heterocycles. The number of carbonyl (C=O) groups is 2. The van der Waals surface area contributed by atoms with Crippen LogP contribution in [-0.2, 0) is 14.3 Å². The molecule has 0 atom stereocenters. The largest absolute Gasteiger partial charge is 0.497 e. The van der Waals surface area contributed by atoms with Gasteiger partial charge in [-0.05, 0) is 29.8 Å². The van der Waals surface area contributed by atoms with Crippen LogP contribution in [0.15, 0.2) is 48.0 Å². The quantitative estimate of drug-likeness (QED) is 0.230. The minimum absolute atomic E-state index is 0.0435. The first-order chi connectivity index (χ1) is 14.4. The third-order valence-electron chi connectivity index (χ3n) is 3.77. The number of esters is 1. The summed E-state index contributed by atoms with van der Waals surface area (Å²) in [6.45, 7) is -0.702. The lowest BCUT2D eigenvalue weighted by Crippen LogP contribution is -2.21. The van der Waals surface area contributed by atoms with E-state index in [2.05, 4.69) is 5.32 Å². The molecule has 1 amide bonds. The van der Waals surface area contributed by atoms with E-state index in [0.29, 0.717) is 11.3 Å². The van der Waals surface area contributed by atoms with E-state index in [4.69, 9.17) is 14.2 Å². The zero-order chi connectivity index (χ0) is 22.1. The van der Waals surface area contributed by atoms with Gasteiger partial charge in [-0.1, -0.05) is 12.1 Å². The van der Waals surface area contributed by atoms with Crippen molar-refractivity contribution < 1.29 is 28.7 Å². The SMILES string of the molecule is COc1ccc(/C=C(\C#N)C(=O)OCC(=O)Nc2cc([N+](=O)[O-])ccc2OC)cc1. The Labute approximate surface area is 171 Å². The molecule has 0 fully saturated rings. The molecule has 154 valence electrons. The highest BCUT2D eigenvalue weighted by Crippen LogP contribution is 2.28. The summed E-state index contributed by atoms with van der Waals surface area (Å²) in [5.74, 6) is -0.947. The Hall–Kier alpha value is -4.39. The number of nitriles is 1. The number of nitro benzene ring substituents is 1. The third-order valence-corrected chi connectivity index (χ3v) is 3.77. The molecule has 2 aromatic carbocycles. The van der Waals surface area contributed by atoms with Crippen LogP contribution in [0.3, 0.4) is 0 Å². The van der Waals surface area contributed by atoms with Gasteiger partial charge in [-0.3, -0.25) is 14.9 Å². The van der Waals surface area contributed by atoms with Crippen molar-refractivity contribution in [3.8, 4) is 17.6 Å². The smallest absolute Gasteiger partial charge is 0.349 e. The predicted molar refractivity (Wildman–Crippen MR) is 106 cm³/mol. The van der Waals surface area contributed by atoms with Crippen molar-refractivity contribution in [3.63, 3.8) is 0 Å². The maximum absolute atomic E-state index is 12.1. The van der Waals surface area contributed by atoms with Crippen molar-refractivity contribution in [3.05, 3.63) is 63.7 Å². The number of benzene rings is 2. The fourth-order valence-corrected chi connectivity index (χ4v) is 2.31. The van der Waals surface area contributed by atoms with Crippen LogP contribution in [0, 0.1) is 21.4 Å². The zero-order valence-electron chi connectivity index (χ0n) is 16.1. The first-order valence-electron chi connectivity index (χ1n) is 8.43. The molecule has 10 nitrogen and oxygen atoms in total. The van der Waals surface area contributed by atoms with E-state index >= 15 is 0 Å². The Kier molecular flexibility index (Phi) is 7.47. The number of carbonyl (C=O) groups excluding carboxylic acids is 2. The van der Waals surface area contributed by atoms with Crippen LogP contribution < -0.4 is 14.8 Å². The van der Waals surface area contributed by atoms with Gasteiger partial charge < -0.3 is 19.5 Å². The molecule has 0 radical (unpaired) electrons. The van der Waals surface area contributed by atoms with Crippen LogP contribution in [0.1, 0.15) is 5.56 Å². The molecule has 2 rings (SSSR count). The highest BCUT2D eigenvalue weighted by molar-refractivity contribution is 6.00. The van der Waals surface area contributed by atoms with Gasteiger partial charge in [0.25, 0.3) is 11.6 Å². The van der Waals surface area contributed by atoms with Crippen LogP contribution in [-0.4, -0.2) is 37.6 Å². The zero-order valence-corrected chi connectivity index (χ0v) is 16.1. The van der Waals surface area contributed by atoms with Gasteiger partial charge in [0.1, 0.15) is 23.1 Å². The van der Waals surface area contributed by atoms with Crippen molar-refractivity contribution in [1.29, 1.82) is 5.26 Å². The van der Waals surface area contributed by atoms with Gasteiger partial charge in [0.05, 0.1) is 24.8 Å². The number of non-ortho nitro benzene ring substituents is 1. The lowest BCUT2D eigenvalue weighted by atomic mass is 10.1. The Bertz CT molecular complexity index is 1020. The topological polar surface area (TPSA) is 141 Å². The summed E-state index contributed by atoms with van der Waals surface area (Å²) in [5.41, 5.74) is 0.0512. The van der Waals surface area contributed by atoms with Gasteiger partial charge in [-0.2, -0.15) is 5.26 Å². The number of nitro groups is 1. The molecule has 1 N–H and O–H groups in total. The summed E-state index contributed by atoms with van der Waals surface area (Å²) >= 11 is 0. The lowest BCUT2D eigenvalue weighted by Gasteiger charge is -2.10. The number of nitrogens with one attached hydrogen (secondary N) is 1. The summed E-state index contributed by atoms with van der Waals surface area (Å²) in [4.78, 5) is 34.4. The summed E-state index contributed by atoms with van der Waals surface area (Å²) in [6, 6.07) is 12.0. The molecule has 2 aromatic rings. The van der Waals surface area contributed by atoms with E-state index < -0.39 is 23.4 Å². The van der Waals surface area contributed by atoms with Crippen LogP contribution in [0.4, 0.5) is 11.4 Å². The van der Waals surface area contributed by atoms with Gasteiger partial charge in [-0.25, -0.2) is 4.79 Å². The number of anilines is 1. The Morgan fingerprint density at radius 1 is 1.17 bits per heavy atom. The maximum Gasteiger partial charge on any atom is 0.349 e. The van der Waals surface area contributed by atoms with E-state index in [1.54, 1.807) is 30.3 Å². The van der Waals surface area contributed by atoms with Gasteiger partial charge in [0.2, 0.25) is 0 Å². The van der Waals surface area contributed by atoms with Crippen LogP contribution >= 0.6 is 0 Å². The monoisotopic (exact) mass is 411 g/mol. The molecular weight excluding hydrogens is 394 g/mol. The average Bonchev–Trinajstić information content (AvgIpc) is 2.76. The summed E-state index contributed by atoms with van der Waals surface area (Å²) in [7, 11) is 2.84. The van der Waals surface area contributed by atoms with Crippen molar-refractivity contribution in [2.24, 2.45) is 0 Å². The van der Waals surface area contributed by atoms with Crippen LogP contribution in [0.2, 0.25) is 0 Å². The standard InChI is InChI=1S/C20H17N3O7/c1-28-16-6-3-13(4-7-16)9-14(11-21)20(25)30-12-19(24)22-17-10-15(23(26)27)5-8-18(17)29-2/h3-10H,12H2,1-2H3,(H,22,24)/b14-9+. The molecule has 0 aliphatic carbocycles. The molecule has 0 saturated carbocycles. The highest BCUT2D eigenvalue weighted by atomic mass is 16.6. The second-order valence-corrected chi connectivity index (χ2v) is 5.71. The highest BCUT2D eigenvalue weighted by Gasteiger charge is 2.16. The second kappa shape index (κ2) is 10.2. The van der Waals surface area contributed by atoms with Crippen molar-refractivity contribution in [2.75, 3.05) is 26.1 Å². The number of rotatable bonds is 8. The minimum Gasteiger partial charge on any atom is -0.497 e. The Morgan fingerprint density at radius 3 is 2.43 bits per heavy atom. The van der Waals surface area contributed by atoms with Gasteiger partial charge in [-0.15, -0.1) is 0 Å². The predicted octanol–water partition coefficient (Wildman–Crippen LogP) is 2.70. The third kappa shape index (κ3) is 5.80. The average molecular weight is 411 g/mol. The molecular formula is C20H17N3O7. The molecule has 0 unspecified atom stereocenters. The van der Waals surface area contributed by atoms with E-state index in [9.17, 15) is 25.0 Å². The number of methoxy groups -OCH3 is 2. The van der Waals surface area contributed by atoms with E-state index in [-0.39, 0.29) is 22.7 Å². The molecule has 0 spiro atoms. The van der Waals surface area contributed by atoms with Crippen molar-refractivity contribution in [1.82, 2.24) is 0 Å². The number of nitrogens with zero attached hydrogens (tertiary/aromatic N) is 2. The summed E-state index contributed by atoms with van der Waals surface area (Å²) < 4.78 is 14.9. The number of ether oxygens (including phenoxy) is 3. The van der Waals surface area contributed by atoms with Gasteiger partial charge >= 0.3 is 5.97 Å². The Balaban J connectivity index is 2.03. The van der Waals surface area contributed by atoms with Gasteiger partial charge in [0, 0.05) is 12.1 Å². The minimum atomic E-state index is -0.991. The first kappa shape index (κ1) is 21.9. The first-order valence-corrected chi connectivity index (χ1v) is 8.43. The molecule has 0 saturated heterocycles. The van der Waals surface area contributed by atoms with E-state index in [1.165, 1.54) is 32.4 Å². The molecule has 0 bridgehead atoms. The Morgan fingerprint density at radius 2 is 1.87 bits per heavy atom. The molecule has 0 heterocycles. The molecule has 10 heteroatoms. The van der Waals surface area contributed by atoms with Crippen molar-refractivity contribution >= 4 is 29.3 Å². The summed E-state index contributed by atoms with van der Waals surface area (Å²) in [6.07, 6.45) is 1.31. The number of hydrogen-bond donors (Lipinski definition) is 1. The molecule has 0 aliphatic heterocycles. The van der Waals surface area contributed by atoms with E-state index in [0.717, 1.165) is 6.07 Å². The number of amides is 1. The van der Waals surface area contributed by atoms with Crippen LogP contribution in [0.25, 0.3) is 6.08 Å². The maximum atomic E-state index is 12.1. The molecule has 30 heavy (non-hydrogen) atoms. The van der Waals surface area contributed by atoms with Crippen molar-refractivity contribution in [2.45, 2.75) is 0 Å². The normalized spacial score (nSPS) is 10.5. The second-order valence-electron chi connectivity index (χ2n) is 5.71. The lowest BCUT2D eigenvalue weighted by molar-refractivity contribution is -0.384. The fourth-order valence-electron chi connectivity index (χ4n) is 2.31. The molecule has 0 aliphatic rings. The summed E-state index contributed by atoms with van der Waals surface area (Å²) in [5, 5.41) is 22.4. The van der Waals surface area contributed by atoms with Gasteiger partial charge in [0.15, 0.2) is 6.61 Å². The van der Waals surface area contributed by atoms with Crippen LogP contribution in [0.5, 0.6) is 11.5 Å². The fraction of sp³-hybridized carbons (Fsp3) is 0.150. The number of hydrogen-bond acceptors (Lipinski definition) is 8.